The molecule has 2 amide bonds. The smallest absolute Gasteiger partial charge is 0.251 e. The normalized spacial score (nSPS) is 13.4. The van der Waals surface area contributed by atoms with E-state index in [0.29, 0.717) is 6.42 Å². The fraction of sp³-hybridized carbons (Fsp3) is 0.333. The number of aliphatic hydroxyl groups excluding tert-OH is 1. The molecule has 4 rings (SSSR count). The van der Waals surface area contributed by atoms with E-state index < -0.39 is 34.0 Å². The summed E-state index contributed by atoms with van der Waals surface area (Å²) in [6, 6.07) is 22.0. The standard InChI is InChI=1S/C33H40N6O5S/c1-5-12-28-21-39(37-36-28)22-31(40)30(17-24-13-8-6-9-14-24)35-33(42)27-18-26(19-29(20-27)38(3)45(4,43)44)32(41)34-23(2)25-15-10-7-11-16-25/h6-11,13-16,18-21,23,30-31,40H,5,12,17,22H2,1-4H3,(H,34,41)(H,35,42)/t23-,30+,31+/m1/s1. The van der Waals surface area contributed by atoms with Crippen molar-refractivity contribution in [1.82, 2.24) is 25.6 Å². The third-order valence-corrected chi connectivity index (χ3v) is 8.70. The van der Waals surface area contributed by atoms with Gasteiger partial charge in [-0.3, -0.25) is 13.9 Å². The fourth-order valence-corrected chi connectivity index (χ4v) is 5.36. The van der Waals surface area contributed by atoms with E-state index in [2.05, 4.69) is 20.9 Å². The summed E-state index contributed by atoms with van der Waals surface area (Å²) in [5, 5.41) is 25.4. The Labute approximate surface area is 264 Å². The van der Waals surface area contributed by atoms with E-state index in [-0.39, 0.29) is 29.4 Å². The van der Waals surface area contributed by atoms with Crippen molar-refractivity contribution >= 4 is 27.5 Å². The first-order valence-electron chi connectivity index (χ1n) is 14.8. The summed E-state index contributed by atoms with van der Waals surface area (Å²) in [4.78, 5) is 27.2. The van der Waals surface area contributed by atoms with Crippen LogP contribution in [0, 0.1) is 0 Å². The summed E-state index contributed by atoms with van der Waals surface area (Å²) in [5.74, 6) is -1.05. The molecule has 0 saturated carbocycles. The molecule has 0 aliphatic carbocycles. The summed E-state index contributed by atoms with van der Waals surface area (Å²) < 4.78 is 27.4. The Morgan fingerprint density at radius 2 is 1.56 bits per heavy atom. The van der Waals surface area contributed by atoms with Gasteiger partial charge in [0.05, 0.1) is 42.4 Å². The number of hydrogen-bond acceptors (Lipinski definition) is 7. The van der Waals surface area contributed by atoms with Crippen molar-refractivity contribution in [1.29, 1.82) is 0 Å². The van der Waals surface area contributed by atoms with Crippen molar-refractivity contribution in [2.45, 2.75) is 57.8 Å². The minimum absolute atomic E-state index is 0.0664. The minimum Gasteiger partial charge on any atom is -0.389 e. The monoisotopic (exact) mass is 632 g/mol. The summed E-state index contributed by atoms with van der Waals surface area (Å²) in [5.41, 5.74) is 2.92. The zero-order chi connectivity index (χ0) is 32.6. The number of nitrogens with one attached hydrogen (secondary N) is 2. The molecule has 3 N–H and O–H groups in total. The van der Waals surface area contributed by atoms with Crippen LogP contribution < -0.4 is 14.9 Å². The first kappa shape index (κ1) is 33.3. The van der Waals surface area contributed by atoms with E-state index >= 15 is 0 Å². The second-order valence-corrected chi connectivity index (χ2v) is 13.1. The molecule has 0 saturated heterocycles. The van der Waals surface area contributed by atoms with Crippen molar-refractivity contribution in [2.24, 2.45) is 0 Å². The van der Waals surface area contributed by atoms with Gasteiger partial charge < -0.3 is 15.7 Å². The Morgan fingerprint density at radius 1 is 0.956 bits per heavy atom. The number of sulfonamides is 1. The number of carbonyl (C=O) groups is 2. The lowest BCUT2D eigenvalue weighted by Gasteiger charge is -2.25. The van der Waals surface area contributed by atoms with E-state index in [4.69, 9.17) is 0 Å². The number of anilines is 1. The third kappa shape index (κ3) is 9.22. The Balaban J connectivity index is 1.63. The zero-order valence-electron chi connectivity index (χ0n) is 25.9. The molecule has 1 aromatic heterocycles. The Kier molecular flexibility index (Phi) is 11.1. The molecule has 11 nitrogen and oxygen atoms in total. The quantitative estimate of drug-likeness (QED) is 0.193. The van der Waals surface area contributed by atoms with Gasteiger partial charge in [-0.25, -0.2) is 13.1 Å². The molecule has 0 fully saturated rings. The van der Waals surface area contributed by atoms with Crippen LogP contribution in [0.5, 0.6) is 0 Å². The summed E-state index contributed by atoms with van der Waals surface area (Å²) in [6.45, 7) is 3.97. The molecule has 0 unspecified atom stereocenters. The van der Waals surface area contributed by atoms with Crippen molar-refractivity contribution in [3.8, 4) is 0 Å². The fourth-order valence-electron chi connectivity index (χ4n) is 4.87. The van der Waals surface area contributed by atoms with Crippen molar-refractivity contribution < 1.29 is 23.1 Å². The van der Waals surface area contributed by atoms with Gasteiger partial charge in [0.15, 0.2) is 0 Å². The van der Waals surface area contributed by atoms with E-state index in [1.165, 1.54) is 25.2 Å². The highest BCUT2D eigenvalue weighted by Gasteiger charge is 2.26. The number of hydrogen-bond donors (Lipinski definition) is 3. The minimum atomic E-state index is -3.71. The van der Waals surface area contributed by atoms with Crippen molar-refractivity contribution in [3.05, 3.63) is 113 Å². The molecule has 238 valence electrons. The van der Waals surface area contributed by atoms with Crippen LogP contribution in [-0.4, -0.2) is 65.8 Å². The molecule has 3 aromatic carbocycles. The number of aryl methyl sites for hydroxylation is 1. The molecule has 1 heterocycles. The van der Waals surface area contributed by atoms with E-state index in [1.807, 2.05) is 74.5 Å². The van der Waals surface area contributed by atoms with Gasteiger partial charge in [0, 0.05) is 24.4 Å². The molecular weight excluding hydrogens is 592 g/mol. The average molecular weight is 633 g/mol. The highest BCUT2D eigenvalue weighted by Crippen LogP contribution is 2.22. The first-order valence-corrected chi connectivity index (χ1v) is 16.7. The van der Waals surface area contributed by atoms with Crippen LogP contribution in [0.3, 0.4) is 0 Å². The van der Waals surface area contributed by atoms with Crippen LogP contribution in [0.15, 0.2) is 85.1 Å². The topological polar surface area (TPSA) is 147 Å². The van der Waals surface area contributed by atoms with Crippen LogP contribution in [0.4, 0.5) is 5.69 Å². The van der Waals surface area contributed by atoms with Crippen LogP contribution in [0.1, 0.15) is 63.8 Å². The molecule has 45 heavy (non-hydrogen) atoms. The Hall–Kier alpha value is -4.55. The van der Waals surface area contributed by atoms with Gasteiger partial charge in [0.1, 0.15) is 0 Å². The van der Waals surface area contributed by atoms with Crippen LogP contribution >= 0.6 is 0 Å². The van der Waals surface area contributed by atoms with Crippen LogP contribution in [0.2, 0.25) is 0 Å². The third-order valence-electron chi connectivity index (χ3n) is 7.50. The van der Waals surface area contributed by atoms with Crippen molar-refractivity contribution in [2.75, 3.05) is 17.6 Å². The highest BCUT2D eigenvalue weighted by molar-refractivity contribution is 7.92. The number of benzene rings is 3. The molecule has 0 radical (unpaired) electrons. The number of aromatic nitrogens is 3. The first-order chi connectivity index (χ1) is 21.4. The Morgan fingerprint density at radius 3 is 2.16 bits per heavy atom. The lowest BCUT2D eigenvalue weighted by molar-refractivity contribution is 0.0779. The summed E-state index contributed by atoms with van der Waals surface area (Å²) in [7, 11) is -2.35. The summed E-state index contributed by atoms with van der Waals surface area (Å²) in [6.07, 6.45) is 3.77. The van der Waals surface area contributed by atoms with Gasteiger partial charge in [-0.1, -0.05) is 79.2 Å². The van der Waals surface area contributed by atoms with Crippen LogP contribution in [0.25, 0.3) is 0 Å². The lowest BCUT2D eigenvalue weighted by Crippen LogP contribution is -2.46. The number of rotatable bonds is 14. The largest absolute Gasteiger partial charge is 0.389 e. The van der Waals surface area contributed by atoms with Gasteiger partial charge in [0.25, 0.3) is 11.8 Å². The molecule has 12 heteroatoms. The average Bonchev–Trinajstić information content (AvgIpc) is 3.47. The molecule has 0 spiro atoms. The molecule has 0 bridgehead atoms. The molecule has 3 atom stereocenters. The Bertz CT molecular complexity index is 1700. The number of amides is 2. The molecule has 0 aliphatic heterocycles. The zero-order valence-corrected chi connectivity index (χ0v) is 26.7. The maximum Gasteiger partial charge on any atom is 0.251 e. The maximum absolute atomic E-state index is 13.8. The summed E-state index contributed by atoms with van der Waals surface area (Å²) >= 11 is 0. The molecule has 0 aliphatic rings. The van der Waals surface area contributed by atoms with Gasteiger partial charge >= 0.3 is 0 Å². The lowest BCUT2D eigenvalue weighted by atomic mass is 10.00. The number of aliphatic hydroxyl groups is 1. The molecule has 4 aromatic rings. The predicted octanol–water partition coefficient (Wildman–Crippen LogP) is 3.52. The SMILES string of the molecule is CCCc1cn(C[C@H](O)[C@H](Cc2ccccc2)NC(=O)c2cc(C(=O)N[C@H](C)c3ccccc3)cc(N(C)S(C)(=O)=O)c2)nn1. The maximum atomic E-state index is 13.8. The van der Waals surface area contributed by atoms with E-state index in [1.54, 1.807) is 10.9 Å². The van der Waals surface area contributed by atoms with E-state index in [0.717, 1.165) is 40.2 Å². The van der Waals surface area contributed by atoms with Crippen LogP contribution in [-0.2, 0) is 29.4 Å². The van der Waals surface area contributed by atoms with E-state index in [9.17, 15) is 23.1 Å². The number of carbonyl (C=O) groups excluding carboxylic acids is 2. The van der Waals surface area contributed by atoms with Gasteiger partial charge in [-0.2, -0.15) is 0 Å². The van der Waals surface area contributed by atoms with Gasteiger partial charge in [-0.15, -0.1) is 5.10 Å². The van der Waals surface area contributed by atoms with Crippen molar-refractivity contribution in [3.63, 3.8) is 0 Å². The predicted molar refractivity (Wildman–Crippen MR) is 173 cm³/mol. The second-order valence-electron chi connectivity index (χ2n) is 11.1. The number of nitrogens with zero attached hydrogens (tertiary/aromatic N) is 4. The van der Waals surface area contributed by atoms with Gasteiger partial charge in [-0.05, 0) is 49.1 Å². The molecular formula is C33H40N6O5S. The van der Waals surface area contributed by atoms with Gasteiger partial charge in [0.2, 0.25) is 10.0 Å². The second kappa shape index (κ2) is 15.0. The highest BCUT2D eigenvalue weighted by atomic mass is 32.2.